The molecule has 3 rings (SSSR count). The molecular formula is C17H26N2O2. The number of benzene rings is 1. The third-order valence-electron chi connectivity index (χ3n) is 4.67. The van der Waals surface area contributed by atoms with Crippen molar-refractivity contribution < 1.29 is 9.47 Å². The second-order valence-electron chi connectivity index (χ2n) is 6.18. The van der Waals surface area contributed by atoms with Gasteiger partial charge in [0.05, 0.1) is 13.2 Å². The lowest BCUT2D eigenvalue weighted by atomic mass is 9.82. The van der Waals surface area contributed by atoms with Crippen molar-refractivity contribution in [2.24, 2.45) is 5.73 Å². The van der Waals surface area contributed by atoms with Crippen LogP contribution in [0.4, 0.5) is 0 Å². The quantitative estimate of drug-likeness (QED) is 0.922. The van der Waals surface area contributed by atoms with Gasteiger partial charge in [-0.15, -0.1) is 0 Å². The highest BCUT2D eigenvalue weighted by Crippen LogP contribution is 2.30. The van der Waals surface area contributed by atoms with Gasteiger partial charge < -0.3 is 20.1 Å². The number of nitrogens with two attached hydrogens (primary N) is 1. The van der Waals surface area contributed by atoms with Crippen LogP contribution in [-0.2, 0) is 15.0 Å². The Morgan fingerprint density at radius 1 is 1.10 bits per heavy atom. The smallest absolute Gasteiger partial charge is 0.158 e. The summed E-state index contributed by atoms with van der Waals surface area (Å²) in [5.41, 5.74) is 7.72. The molecule has 0 unspecified atom stereocenters. The van der Waals surface area contributed by atoms with Gasteiger partial charge in [0.2, 0.25) is 0 Å². The highest BCUT2D eigenvalue weighted by molar-refractivity contribution is 5.24. The van der Waals surface area contributed by atoms with E-state index in [9.17, 15) is 0 Å². The lowest BCUT2D eigenvalue weighted by Crippen LogP contribution is -2.48. The van der Waals surface area contributed by atoms with E-state index >= 15 is 0 Å². The SMILES string of the molecule is NC1(c2ccccc2)CCN(CCC2OCCCO2)CC1. The summed E-state index contributed by atoms with van der Waals surface area (Å²) in [7, 11) is 0. The molecule has 0 amide bonds. The Morgan fingerprint density at radius 3 is 2.43 bits per heavy atom. The van der Waals surface area contributed by atoms with Crippen molar-refractivity contribution in [1.82, 2.24) is 4.90 Å². The van der Waals surface area contributed by atoms with Crippen LogP contribution in [-0.4, -0.2) is 44.0 Å². The van der Waals surface area contributed by atoms with Crippen LogP contribution in [0.5, 0.6) is 0 Å². The van der Waals surface area contributed by atoms with Crippen LogP contribution >= 0.6 is 0 Å². The molecule has 0 spiro atoms. The molecule has 2 saturated heterocycles. The maximum absolute atomic E-state index is 6.61. The summed E-state index contributed by atoms with van der Waals surface area (Å²) in [5.74, 6) is 0. The summed E-state index contributed by atoms with van der Waals surface area (Å²) >= 11 is 0. The standard InChI is InChI=1S/C17H26N2O2/c18-17(15-5-2-1-3-6-15)8-11-19(12-9-17)10-7-16-20-13-4-14-21-16/h1-3,5-6,16H,4,7-14,18H2. The molecule has 116 valence electrons. The van der Waals surface area contributed by atoms with Gasteiger partial charge in [-0.05, 0) is 24.8 Å². The number of hydrogen-bond donors (Lipinski definition) is 1. The van der Waals surface area contributed by atoms with Crippen molar-refractivity contribution in [3.8, 4) is 0 Å². The second kappa shape index (κ2) is 6.88. The zero-order valence-electron chi connectivity index (χ0n) is 12.7. The molecule has 4 nitrogen and oxygen atoms in total. The fourth-order valence-corrected chi connectivity index (χ4v) is 3.23. The predicted octanol–water partition coefficient (Wildman–Crippen LogP) is 2.09. The van der Waals surface area contributed by atoms with E-state index in [1.165, 1.54) is 5.56 Å². The van der Waals surface area contributed by atoms with Gasteiger partial charge in [0.15, 0.2) is 6.29 Å². The van der Waals surface area contributed by atoms with Gasteiger partial charge in [-0.1, -0.05) is 30.3 Å². The lowest BCUT2D eigenvalue weighted by Gasteiger charge is -2.40. The molecule has 1 aromatic rings. The van der Waals surface area contributed by atoms with Crippen molar-refractivity contribution in [3.63, 3.8) is 0 Å². The molecule has 2 fully saturated rings. The van der Waals surface area contributed by atoms with Crippen LogP contribution in [0.2, 0.25) is 0 Å². The number of piperidine rings is 1. The Labute approximate surface area is 127 Å². The van der Waals surface area contributed by atoms with Crippen LogP contribution in [0.1, 0.15) is 31.2 Å². The first-order valence-electron chi connectivity index (χ1n) is 8.06. The van der Waals surface area contributed by atoms with Crippen LogP contribution < -0.4 is 5.73 Å². The summed E-state index contributed by atoms with van der Waals surface area (Å²) < 4.78 is 11.2. The molecule has 0 aromatic heterocycles. The van der Waals surface area contributed by atoms with E-state index in [4.69, 9.17) is 15.2 Å². The van der Waals surface area contributed by atoms with Gasteiger partial charge >= 0.3 is 0 Å². The van der Waals surface area contributed by atoms with E-state index in [0.717, 1.165) is 58.5 Å². The Bertz CT molecular complexity index is 424. The van der Waals surface area contributed by atoms with Crippen molar-refractivity contribution in [2.75, 3.05) is 32.8 Å². The minimum atomic E-state index is -0.157. The molecule has 0 bridgehead atoms. The van der Waals surface area contributed by atoms with Crippen molar-refractivity contribution >= 4 is 0 Å². The minimum Gasteiger partial charge on any atom is -0.353 e. The summed E-state index contributed by atoms with van der Waals surface area (Å²) in [6.45, 7) is 4.82. The average molecular weight is 290 g/mol. The number of rotatable bonds is 4. The molecule has 0 aliphatic carbocycles. The molecule has 4 heteroatoms. The predicted molar refractivity (Wildman–Crippen MR) is 82.9 cm³/mol. The van der Waals surface area contributed by atoms with Crippen molar-refractivity contribution in [1.29, 1.82) is 0 Å². The number of ether oxygens (including phenoxy) is 2. The Morgan fingerprint density at radius 2 is 1.76 bits per heavy atom. The summed E-state index contributed by atoms with van der Waals surface area (Å²) in [4.78, 5) is 2.48. The fourth-order valence-electron chi connectivity index (χ4n) is 3.23. The van der Waals surface area contributed by atoms with Crippen LogP contribution in [0.3, 0.4) is 0 Å². The normalized spacial score (nSPS) is 24.0. The Balaban J connectivity index is 1.46. The molecule has 2 N–H and O–H groups in total. The van der Waals surface area contributed by atoms with Crippen molar-refractivity contribution in [3.05, 3.63) is 35.9 Å². The van der Waals surface area contributed by atoms with Crippen molar-refractivity contribution in [2.45, 2.75) is 37.5 Å². The number of hydrogen-bond acceptors (Lipinski definition) is 4. The molecule has 2 heterocycles. The van der Waals surface area contributed by atoms with Crippen LogP contribution in [0.15, 0.2) is 30.3 Å². The zero-order valence-corrected chi connectivity index (χ0v) is 12.7. The number of likely N-dealkylation sites (tertiary alicyclic amines) is 1. The highest BCUT2D eigenvalue weighted by Gasteiger charge is 2.32. The van der Waals surface area contributed by atoms with Gasteiger partial charge in [-0.25, -0.2) is 0 Å². The minimum absolute atomic E-state index is 0.00238. The average Bonchev–Trinajstić information content (AvgIpc) is 2.56. The van der Waals surface area contributed by atoms with Gasteiger partial charge in [0, 0.05) is 31.6 Å². The monoisotopic (exact) mass is 290 g/mol. The molecule has 0 atom stereocenters. The largest absolute Gasteiger partial charge is 0.353 e. The fraction of sp³-hybridized carbons (Fsp3) is 0.647. The lowest BCUT2D eigenvalue weighted by molar-refractivity contribution is -0.183. The van der Waals surface area contributed by atoms with E-state index in [1.54, 1.807) is 0 Å². The molecule has 2 aliphatic rings. The third kappa shape index (κ3) is 3.83. The molecule has 21 heavy (non-hydrogen) atoms. The summed E-state index contributed by atoms with van der Waals surface area (Å²) in [6.07, 6.45) is 4.01. The molecule has 0 radical (unpaired) electrons. The van der Waals surface area contributed by atoms with Gasteiger partial charge in [0.25, 0.3) is 0 Å². The molecule has 2 aliphatic heterocycles. The molecule has 0 saturated carbocycles. The zero-order chi connectivity index (χ0) is 14.5. The van der Waals surface area contributed by atoms with E-state index in [1.807, 2.05) is 6.07 Å². The van der Waals surface area contributed by atoms with Crippen LogP contribution in [0.25, 0.3) is 0 Å². The van der Waals surface area contributed by atoms with E-state index < -0.39 is 0 Å². The first-order valence-corrected chi connectivity index (χ1v) is 8.06. The van der Waals surface area contributed by atoms with E-state index in [0.29, 0.717) is 0 Å². The maximum atomic E-state index is 6.61. The van der Waals surface area contributed by atoms with Gasteiger partial charge in [-0.2, -0.15) is 0 Å². The summed E-state index contributed by atoms with van der Waals surface area (Å²) in [5, 5.41) is 0. The maximum Gasteiger partial charge on any atom is 0.158 e. The molecular weight excluding hydrogens is 264 g/mol. The first kappa shape index (κ1) is 15.0. The Hall–Kier alpha value is -0.940. The highest BCUT2D eigenvalue weighted by atomic mass is 16.7. The first-order chi connectivity index (χ1) is 10.3. The molecule has 1 aromatic carbocycles. The summed E-state index contributed by atoms with van der Waals surface area (Å²) in [6, 6.07) is 10.5. The van der Waals surface area contributed by atoms with Gasteiger partial charge in [0.1, 0.15) is 0 Å². The topological polar surface area (TPSA) is 47.7 Å². The Kier molecular flexibility index (Phi) is 4.91. The van der Waals surface area contributed by atoms with Gasteiger partial charge in [-0.3, -0.25) is 0 Å². The van der Waals surface area contributed by atoms with E-state index in [-0.39, 0.29) is 11.8 Å². The third-order valence-corrected chi connectivity index (χ3v) is 4.67. The van der Waals surface area contributed by atoms with Crippen LogP contribution in [0, 0.1) is 0 Å². The van der Waals surface area contributed by atoms with E-state index in [2.05, 4.69) is 29.2 Å². The number of nitrogens with zero attached hydrogens (tertiary/aromatic N) is 1. The second-order valence-corrected chi connectivity index (χ2v) is 6.18.